The summed E-state index contributed by atoms with van der Waals surface area (Å²) in [4.78, 5) is 18.5. The Kier molecular flexibility index (Phi) is 8.72. The number of nitrogens with one attached hydrogen (secondary N) is 2. The van der Waals surface area contributed by atoms with E-state index < -0.39 is 0 Å². The van der Waals surface area contributed by atoms with Gasteiger partial charge >= 0.3 is 0 Å². The van der Waals surface area contributed by atoms with Crippen molar-refractivity contribution >= 4 is 41.5 Å². The quantitative estimate of drug-likeness (QED) is 0.369. The molecule has 0 aromatic heterocycles. The van der Waals surface area contributed by atoms with Crippen LogP contribution in [0.4, 0.5) is 5.69 Å². The predicted octanol–water partition coefficient (Wildman–Crippen LogP) is 2.92. The second-order valence-corrected chi connectivity index (χ2v) is 6.51. The average Bonchev–Trinajstić information content (AvgIpc) is 3.07. The Morgan fingerprint density at radius 2 is 1.82 bits per heavy atom. The fourth-order valence-corrected chi connectivity index (χ4v) is 3.25. The van der Waals surface area contributed by atoms with Crippen LogP contribution in [0.5, 0.6) is 0 Å². The summed E-state index contributed by atoms with van der Waals surface area (Å²) in [5.41, 5.74) is 3.24. The first-order valence-electron chi connectivity index (χ1n) is 9.09. The lowest BCUT2D eigenvalue weighted by Gasteiger charge is -2.19. The number of methoxy groups -OCH3 is 1. The van der Waals surface area contributed by atoms with Gasteiger partial charge in [-0.3, -0.25) is 9.79 Å². The molecule has 1 saturated heterocycles. The van der Waals surface area contributed by atoms with Crippen LogP contribution in [0.1, 0.15) is 17.5 Å². The van der Waals surface area contributed by atoms with Gasteiger partial charge < -0.3 is 20.3 Å². The number of aliphatic imine (C=N–C) groups is 1. The van der Waals surface area contributed by atoms with Gasteiger partial charge in [0.25, 0.3) is 0 Å². The Balaban J connectivity index is 0.00000280. The minimum Gasteiger partial charge on any atom is -0.380 e. The second-order valence-electron chi connectivity index (χ2n) is 6.51. The molecule has 1 aliphatic rings. The third-order valence-electron chi connectivity index (χ3n) is 4.62. The van der Waals surface area contributed by atoms with Crippen molar-refractivity contribution in [3.8, 4) is 0 Å². The van der Waals surface area contributed by atoms with E-state index in [9.17, 15) is 4.79 Å². The largest absolute Gasteiger partial charge is 0.380 e. The van der Waals surface area contributed by atoms with Crippen molar-refractivity contribution in [2.45, 2.75) is 25.6 Å². The lowest BCUT2D eigenvalue weighted by molar-refractivity contribution is -0.117. The standard InChI is InChI=1S/C21H26N4O2.HI/c1-22-21(23-13-16-8-6-7-9-17(16)15-27-2)24-18-12-20(26)25(14-18)19-10-4-3-5-11-19;/h3-11,18H,12-15H2,1-2H3,(H2,22,23,24);1H. The van der Waals surface area contributed by atoms with E-state index in [2.05, 4.69) is 27.8 Å². The third-order valence-corrected chi connectivity index (χ3v) is 4.62. The fraction of sp³-hybridized carbons (Fsp3) is 0.333. The van der Waals surface area contributed by atoms with E-state index in [1.165, 1.54) is 0 Å². The summed E-state index contributed by atoms with van der Waals surface area (Å²) in [7, 11) is 3.43. The number of carbonyl (C=O) groups excluding carboxylic acids is 1. The number of nitrogens with zero attached hydrogens (tertiary/aromatic N) is 2. The van der Waals surface area contributed by atoms with E-state index in [0.717, 1.165) is 16.8 Å². The molecule has 0 aliphatic carbocycles. The molecule has 1 heterocycles. The molecule has 2 aromatic rings. The molecule has 0 radical (unpaired) electrons. The third kappa shape index (κ3) is 5.68. The molecule has 1 fully saturated rings. The summed E-state index contributed by atoms with van der Waals surface area (Å²) < 4.78 is 5.26. The van der Waals surface area contributed by atoms with Gasteiger partial charge in [-0.2, -0.15) is 0 Å². The van der Waals surface area contributed by atoms with E-state index in [0.29, 0.717) is 32.1 Å². The molecule has 150 valence electrons. The maximum Gasteiger partial charge on any atom is 0.229 e. The van der Waals surface area contributed by atoms with Crippen LogP contribution >= 0.6 is 24.0 Å². The monoisotopic (exact) mass is 494 g/mol. The second kappa shape index (κ2) is 11.0. The van der Waals surface area contributed by atoms with E-state index >= 15 is 0 Å². The number of anilines is 1. The van der Waals surface area contributed by atoms with Gasteiger partial charge in [0.2, 0.25) is 5.91 Å². The van der Waals surface area contributed by atoms with Crippen molar-refractivity contribution in [2.24, 2.45) is 4.99 Å². The lowest BCUT2D eigenvalue weighted by atomic mass is 10.1. The first-order chi connectivity index (χ1) is 13.2. The van der Waals surface area contributed by atoms with Crippen molar-refractivity contribution in [2.75, 3.05) is 25.6 Å². The minimum absolute atomic E-state index is 0. The van der Waals surface area contributed by atoms with E-state index in [-0.39, 0.29) is 35.9 Å². The van der Waals surface area contributed by atoms with E-state index in [1.54, 1.807) is 14.2 Å². The first-order valence-corrected chi connectivity index (χ1v) is 9.09. The maximum absolute atomic E-state index is 12.4. The highest BCUT2D eigenvalue weighted by molar-refractivity contribution is 14.0. The van der Waals surface area contributed by atoms with Crippen LogP contribution in [-0.4, -0.2) is 38.6 Å². The highest BCUT2D eigenvalue weighted by atomic mass is 127. The van der Waals surface area contributed by atoms with Crippen molar-refractivity contribution in [3.05, 3.63) is 65.7 Å². The molecule has 1 unspecified atom stereocenters. The molecule has 6 nitrogen and oxygen atoms in total. The van der Waals surface area contributed by atoms with Crippen molar-refractivity contribution in [1.82, 2.24) is 10.6 Å². The Morgan fingerprint density at radius 1 is 1.14 bits per heavy atom. The number of guanidine groups is 1. The molecule has 0 saturated carbocycles. The smallest absolute Gasteiger partial charge is 0.229 e. The zero-order valence-electron chi connectivity index (χ0n) is 16.2. The Hall–Kier alpha value is -2.13. The molecule has 2 N–H and O–H groups in total. The summed E-state index contributed by atoms with van der Waals surface area (Å²) in [6.07, 6.45) is 0.454. The van der Waals surface area contributed by atoms with Crippen LogP contribution < -0.4 is 15.5 Å². The van der Waals surface area contributed by atoms with Crippen LogP contribution in [0.15, 0.2) is 59.6 Å². The minimum atomic E-state index is 0. The number of amides is 1. The van der Waals surface area contributed by atoms with Crippen LogP contribution in [0, 0.1) is 0 Å². The molecular formula is C21H27IN4O2. The van der Waals surface area contributed by atoms with Crippen LogP contribution in [0.2, 0.25) is 0 Å². The van der Waals surface area contributed by atoms with E-state index in [1.807, 2.05) is 47.4 Å². The Labute approximate surface area is 183 Å². The number of hydrogen-bond donors (Lipinski definition) is 2. The summed E-state index contributed by atoms with van der Waals surface area (Å²) >= 11 is 0. The molecule has 28 heavy (non-hydrogen) atoms. The van der Waals surface area contributed by atoms with Gasteiger partial charge in [0.05, 0.1) is 12.6 Å². The van der Waals surface area contributed by atoms with Gasteiger partial charge in [-0.15, -0.1) is 24.0 Å². The summed E-state index contributed by atoms with van der Waals surface area (Å²) in [5, 5.41) is 6.70. The number of benzene rings is 2. The molecule has 1 amide bonds. The lowest BCUT2D eigenvalue weighted by Crippen LogP contribution is -2.44. The average molecular weight is 494 g/mol. The zero-order chi connectivity index (χ0) is 19.1. The molecule has 1 aliphatic heterocycles. The van der Waals surface area contributed by atoms with Gasteiger partial charge in [-0.25, -0.2) is 0 Å². The molecular weight excluding hydrogens is 467 g/mol. The highest BCUT2D eigenvalue weighted by Crippen LogP contribution is 2.21. The zero-order valence-corrected chi connectivity index (χ0v) is 18.6. The number of carbonyl (C=O) groups is 1. The number of para-hydroxylation sites is 1. The van der Waals surface area contributed by atoms with Crippen molar-refractivity contribution < 1.29 is 9.53 Å². The molecule has 7 heteroatoms. The maximum atomic E-state index is 12.4. The molecule has 1 atom stereocenters. The first kappa shape index (κ1) is 22.2. The fourth-order valence-electron chi connectivity index (χ4n) is 3.25. The highest BCUT2D eigenvalue weighted by Gasteiger charge is 2.31. The van der Waals surface area contributed by atoms with Crippen LogP contribution in [-0.2, 0) is 22.7 Å². The van der Waals surface area contributed by atoms with Gasteiger partial charge in [-0.05, 0) is 23.3 Å². The Bertz CT molecular complexity index is 798. The van der Waals surface area contributed by atoms with Gasteiger partial charge in [0, 0.05) is 39.4 Å². The van der Waals surface area contributed by atoms with Gasteiger partial charge in [0.15, 0.2) is 5.96 Å². The summed E-state index contributed by atoms with van der Waals surface area (Å²) in [6, 6.07) is 17.9. The molecule has 0 bridgehead atoms. The SMILES string of the molecule is CN=C(NCc1ccccc1COC)NC1CC(=O)N(c2ccccc2)C1.I. The van der Waals surface area contributed by atoms with Crippen LogP contribution in [0.3, 0.4) is 0 Å². The molecule has 0 spiro atoms. The van der Waals surface area contributed by atoms with Gasteiger partial charge in [-0.1, -0.05) is 42.5 Å². The summed E-state index contributed by atoms with van der Waals surface area (Å²) in [5.74, 6) is 0.814. The van der Waals surface area contributed by atoms with E-state index in [4.69, 9.17) is 4.74 Å². The predicted molar refractivity (Wildman–Crippen MR) is 123 cm³/mol. The van der Waals surface area contributed by atoms with Gasteiger partial charge in [0.1, 0.15) is 0 Å². The van der Waals surface area contributed by atoms with Crippen LogP contribution in [0.25, 0.3) is 0 Å². The molecule has 3 rings (SSSR count). The molecule has 2 aromatic carbocycles. The normalized spacial score (nSPS) is 16.6. The van der Waals surface area contributed by atoms with Crippen molar-refractivity contribution in [1.29, 1.82) is 0 Å². The number of ether oxygens (including phenoxy) is 1. The number of rotatable bonds is 6. The van der Waals surface area contributed by atoms with Crippen molar-refractivity contribution in [3.63, 3.8) is 0 Å². The Morgan fingerprint density at radius 3 is 2.50 bits per heavy atom. The topological polar surface area (TPSA) is 66.0 Å². The number of halogens is 1. The summed E-state index contributed by atoms with van der Waals surface area (Å²) in [6.45, 7) is 1.85. The number of hydrogen-bond acceptors (Lipinski definition) is 3.